The molecule has 0 atom stereocenters. The van der Waals surface area contributed by atoms with Gasteiger partial charge in [0.15, 0.2) is 4.21 Å². The summed E-state index contributed by atoms with van der Waals surface area (Å²) in [5.41, 5.74) is 0.609. The number of hydrogen-bond donors (Lipinski definition) is 0. The van der Waals surface area contributed by atoms with E-state index in [4.69, 9.17) is 4.18 Å². The van der Waals surface area contributed by atoms with Gasteiger partial charge in [0.05, 0.1) is 4.88 Å². The maximum atomic E-state index is 13.0. The predicted octanol–water partition coefficient (Wildman–Crippen LogP) is 3.17. The van der Waals surface area contributed by atoms with E-state index in [1.165, 1.54) is 35.8 Å². The Morgan fingerprint density at radius 1 is 1.19 bits per heavy atom. The molecular formula is C12H7FN2O3S3. The van der Waals surface area contributed by atoms with Crippen LogP contribution < -0.4 is 4.18 Å². The molecule has 21 heavy (non-hydrogen) atoms. The van der Waals surface area contributed by atoms with Crippen molar-refractivity contribution in [3.63, 3.8) is 0 Å². The third kappa shape index (κ3) is 3.09. The van der Waals surface area contributed by atoms with Crippen LogP contribution in [-0.2, 0) is 10.1 Å². The standard InChI is InChI=1S/C12H7FN2O3S3/c13-8-2-1-3-9(6-8)18-21(16,17)12-5-4-11(20-12)10-7-19-15-14-10/h1-7H. The van der Waals surface area contributed by atoms with Crippen LogP contribution in [0.3, 0.4) is 0 Å². The molecule has 0 radical (unpaired) electrons. The summed E-state index contributed by atoms with van der Waals surface area (Å²) in [6.45, 7) is 0. The van der Waals surface area contributed by atoms with Crippen LogP contribution in [0.4, 0.5) is 4.39 Å². The van der Waals surface area contributed by atoms with Crippen molar-refractivity contribution in [1.29, 1.82) is 0 Å². The first-order valence-electron chi connectivity index (χ1n) is 5.62. The summed E-state index contributed by atoms with van der Waals surface area (Å²) in [5, 5.41) is 5.59. The fraction of sp³-hybridized carbons (Fsp3) is 0. The molecule has 0 aliphatic heterocycles. The molecule has 108 valence electrons. The van der Waals surface area contributed by atoms with Crippen LogP contribution in [0.2, 0.25) is 0 Å². The summed E-state index contributed by atoms with van der Waals surface area (Å²) in [6.07, 6.45) is 0. The third-order valence-corrected chi connectivity index (χ3v) is 5.75. The summed E-state index contributed by atoms with van der Waals surface area (Å²) in [7, 11) is -3.99. The van der Waals surface area contributed by atoms with Gasteiger partial charge in [-0.05, 0) is 35.8 Å². The van der Waals surface area contributed by atoms with Gasteiger partial charge in [0.1, 0.15) is 17.3 Å². The molecule has 0 saturated heterocycles. The molecule has 2 aromatic heterocycles. The van der Waals surface area contributed by atoms with E-state index in [1.54, 1.807) is 11.4 Å². The van der Waals surface area contributed by atoms with Gasteiger partial charge in [-0.15, -0.1) is 16.4 Å². The van der Waals surface area contributed by atoms with Crippen molar-refractivity contribution in [2.45, 2.75) is 4.21 Å². The van der Waals surface area contributed by atoms with Crippen LogP contribution >= 0.6 is 22.9 Å². The van der Waals surface area contributed by atoms with Gasteiger partial charge in [-0.3, -0.25) is 0 Å². The third-order valence-electron chi connectivity index (χ3n) is 2.44. The lowest BCUT2D eigenvalue weighted by molar-refractivity contribution is 0.485. The molecule has 0 N–H and O–H groups in total. The van der Waals surface area contributed by atoms with Gasteiger partial charge in [0.25, 0.3) is 0 Å². The molecule has 0 unspecified atom stereocenters. The van der Waals surface area contributed by atoms with Gasteiger partial charge < -0.3 is 4.18 Å². The fourth-order valence-electron chi connectivity index (χ4n) is 1.55. The average molecular weight is 342 g/mol. The monoisotopic (exact) mass is 342 g/mol. The van der Waals surface area contributed by atoms with E-state index in [2.05, 4.69) is 9.59 Å². The molecule has 3 rings (SSSR count). The Morgan fingerprint density at radius 2 is 2.05 bits per heavy atom. The largest absolute Gasteiger partial charge is 0.378 e. The van der Waals surface area contributed by atoms with Crippen molar-refractivity contribution in [2.24, 2.45) is 0 Å². The minimum atomic E-state index is -3.99. The lowest BCUT2D eigenvalue weighted by atomic mass is 10.3. The maximum Gasteiger partial charge on any atom is 0.348 e. The van der Waals surface area contributed by atoms with Crippen LogP contribution in [-0.4, -0.2) is 18.0 Å². The number of benzene rings is 1. The Morgan fingerprint density at radius 3 is 2.76 bits per heavy atom. The molecule has 0 spiro atoms. The Hall–Kier alpha value is -1.84. The molecule has 0 fully saturated rings. The van der Waals surface area contributed by atoms with Gasteiger partial charge in [-0.2, -0.15) is 8.42 Å². The number of thiophene rings is 1. The zero-order valence-corrected chi connectivity index (χ0v) is 12.7. The Kier molecular flexibility index (Phi) is 3.70. The number of rotatable bonds is 4. The van der Waals surface area contributed by atoms with E-state index in [0.29, 0.717) is 10.6 Å². The Bertz CT molecular complexity index is 860. The minimum Gasteiger partial charge on any atom is -0.378 e. The van der Waals surface area contributed by atoms with E-state index in [0.717, 1.165) is 17.4 Å². The quantitative estimate of drug-likeness (QED) is 0.681. The first-order chi connectivity index (χ1) is 10.0. The summed E-state index contributed by atoms with van der Waals surface area (Å²) >= 11 is 2.20. The number of hydrogen-bond acceptors (Lipinski definition) is 7. The number of halogens is 1. The maximum absolute atomic E-state index is 13.0. The molecule has 3 aromatic rings. The topological polar surface area (TPSA) is 69.2 Å². The van der Waals surface area contributed by atoms with Gasteiger partial charge in [0, 0.05) is 11.4 Å². The highest BCUT2D eigenvalue weighted by Gasteiger charge is 2.20. The van der Waals surface area contributed by atoms with Gasteiger partial charge in [-0.1, -0.05) is 10.6 Å². The van der Waals surface area contributed by atoms with E-state index >= 15 is 0 Å². The summed E-state index contributed by atoms with van der Waals surface area (Å²) in [5.74, 6) is -0.636. The van der Waals surface area contributed by atoms with Crippen LogP contribution in [0.15, 0.2) is 46.0 Å². The van der Waals surface area contributed by atoms with E-state index in [-0.39, 0.29) is 9.96 Å². The molecule has 2 heterocycles. The minimum absolute atomic E-state index is 0.0229. The van der Waals surface area contributed by atoms with Crippen molar-refractivity contribution in [3.05, 3.63) is 47.6 Å². The molecule has 0 amide bonds. The molecule has 0 aliphatic carbocycles. The SMILES string of the molecule is O=S(=O)(Oc1cccc(F)c1)c1ccc(-c2csnn2)s1. The van der Waals surface area contributed by atoms with Gasteiger partial charge in [0.2, 0.25) is 0 Å². The smallest absolute Gasteiger partial charge is 0.348 e. The molecule has 0 aliphatic rings. The molecule has 0 bridgehead atoms. The lowest BCUT2D eigenvalue weighted by Gasteiger charge is -2.04. The fourth-order valence-corrected chi connectivity index (χ4v) is 4.23. The number of nitrogens with zero attached hydrogens (tertiary/aromatic N) is 2. The van der Waals surface area contributed by atoms with Gasteiger partial charge in [-0.25, -0.2) is 4.39 Å². The highest BCUT2D eigenvalue weighted by atomic mass is 32.3. The molecule has 1 aromatic carbocycles. The first kappa shape index (κ1) is 14.1. The van der Waals surface area contributed by atoms with E-state index < -0.39 is 15.9 Å². The van der Waals surface area contributed by atoms with Crippen LogP contribution in [0, 0.1) is 5.82 Å². The summed E-state index contributed by atoms with van der Waals surface area (Å²) in [6, 6.07) is 8.02. The van der Waals surface area contributed by atoms with Crippen molar-refractivity contribution in [2.75, 3.05) is 0 Å². The second-order valence-electron chi connectivity index (χ2n) is 3.90. The average Bonchev–Trinajstić information content (AvgIpc) is 3.10. The van der Waals surface area contributed by atoms with E-state index in [1.807, 2.05) is 0 Å². The molecule has 9 heteroatoms. The second kappa shape index (κ2) is 5.51. The summed E-state index contributed by atoms with van der Waals surface area (Å²) in [4.78, 5) is 0.671. The normalized spacial score (nSPS) is 11.5. The first-order valence-corrected chi connectivity index (χ1v) is 8.68. The van der Waals surface area contributed by atoms with Crippen LogP contribution in [0.1, 0.15) is 0 Å². The van der Waals surface area contributed by atoms with Crippen molar-refractivity contribution >= 4 is 33.0 Å². The van der Waals surface area contributed by atoms with Crippen molar-refractivity contribution in [1.82, 2.24) is 9.59 Å². The Balaban J connectivity index is 1.89. The van der Waals surface area contributed by atoms with Crippen LogP contribution in [0.25, 0.3) is 10.6 Å². The van der Waals surface area contributed by atoms with Gasteiger partial charge >= 0.3 is 10.1 Å². The van der Waals surface area contributed by atoms with E-state index in [9.17, 15) is 12.8 Å². The second-order valence-corrected chi connectivity index (χ2v) is 7.37. The van der Waals surface area contributed by atoms with Crippen molar-refractivity contribution < 1.29 is 17.0 Å². The Labute approximate surface area is 127 Å². The molecule has 5 nitrogen and oxygen atoms in total. The highest BCUT2D eigenvalue weighted by molar-refractivity contribution is 7.89. The highest BCUT2D eigenvalue weighted by Crippen LogP contribution is 2.31. The lowest BCUT2D eigenvalue weighted by Crippen LogP contribution is -2.07. The van der Waals surface area contributed by atoms with Crippen molar-refractivity contribution in [3.8, 4) is 16.3 Å². The predicted molar refractivity (Wildman–Crippen MR) is 77.4 cm³/mol. The molecule has 0 saturated carbocycles. The zero-order valence-electron chi connectivity index (χ0n) is 10.3. The van der Waals surface area contributed by atoms with Crippen LogP contribution in [0.5, 0.6) is 5.75 Å². The molecular weight excluding hydrogens is 335 g/mol. The summed E-state index contributed by atoms with van der Waals surface area (Å²) < 4.78 is 46.0. The zero-order chi connectivity index (χ0) is 14.9. The number of aromatic nitrogens is 2.